The number of hydrogen-bond acceptors (Lipinski definition) is 6. The molecule has 6 rings (SSSR count). The molecule has 0 atom stereocenters. The first-order chi connectivity index (χ1) is 15.3. The third-order valence-electron chi connectivity index (χ3n) is 5.06. The zero-order valence-electron chi connectivity index (χ0n) is 15.9. The third kappa shape index (κ3) is 2.75. The van der Waals surface area contributed by atoms with E-state index in [0.717, 1.165) is 11.1 Å². The molecular formula is C22H13FN8. The van der Waals surface area contributed by atoms with Crippen molar-refractivity contribution in [1.29, 1.82) is 0 Å². The molecule has 31 heavy (non-hydrogen) atoms. The summed E-state index contributed by atoms with van der Waals surface area (Å²) in [5, 5.41) is 7.47. The van der Waals surface area contributed by atoms with Crippen LogP contribution in [0.2, 0.25) is 0 Å². The van der Waals surface area contributed by atoms with Crippen LogP contribution in [0.4, 0.5) is 4.39 Å². The van der Waals surface area contributed by atoms with E-state index in [1.807, 2.05) is 18.2 Å². The Kier molecular flexibility index (Phi) is 3.79. The highest BCUT2D eigenvalue weighted by Gasteiger charge is 2.21. The highest BCUT2D eigenvalue weighted by Crippen LogP contribution is 2.33. The maximum atomic E-state index is 15.5. The first kappa shape index (κ1) is 17.3. The molecule has 0 fully saturated rings. The van der Waals surface area contributed by atoms with Crippen LogP contribution >= 0.6 is 0 Å². The van der Waals surface area contributed by atoms with Gasteiger partial charge >= 0.3 is 0 Å². The van der Waals surface area contributed by atoms with Crippen LogP contribution < -0.4 is 0 Å². The molecule has 0 aliphatic heterocycles. The molecule has 0 radical (unpaired) electrons. The van der Waals surface area contributed by atoms with Crippen LogP contribution in [0.15, 0.2) is 67.5 Å². The molecule has 2 N–H and O–H groups in total. The van der Waals surface area contributed by atoms with Crippen LogP contribution in [0, 0.1) is 5.82 Å². The Hall–Kier alpha value is -4.53. The van der Waals surface area contributed by atoms with Gasteiger partial charge in [-0.1, -0.05) is 0 Å². The number of aromatic amines is 2. The van der Waals surface area contributed by atoms with Gasteiger partial charge in [0.25, 0.3) is 0 Å². The molecule has 0 saturated heterocycles. The first-order valence-electron chi connectivity index (χ1n) is 9.48. The van der Waals surface area contributed by atoms with Crippen LogP contribution in [0.1, 0.15) is 0 Å². The van der Waals surface area contributed by atoms with E-state index in [1.165, 1.54) is 0 Å². The summed E-state index contributed by atoms with van der Waals surface area (Å²) in [5.41, 5.74) is 4.68. The zero-order valence-corrected chi connectivity index (χ0v) is 15.9. The average Bonchev–Trinajstić information content (AvgIpc) is 3.45. The van der Waals surface area contributed by atoms with Gasteiger partial charge < -0.3 is 4.98 Å². The largest absolute Gasteiger partial charge is 0.336 e. The Morgan fingerprint density at radius 2 is 1.65 bits per heavy atom. The molecule has 6 aromatic rings. The van der Waals surface area contributed by atoms with E-state index < -0.39 is 5.82 Å². The maximum Gasteiger partial charge on any atom is 0.161 e. The number of rotatable bonds is 3. The van der Waals surface area contributed by atoms with Crippen molar-refractivity contribution in [3.8, 4) is 34.0 Å². The number of nitrogens with zero attached hydrogens (tertiary/aromatic N) is 6. The summed E-state index contributed by atoms with van der Waals surface area (Å²) < 4.78 is 15.5. The predicted molar refractivity (Wildman–Crippen MR) is 113 cm³/mol. The molecular weight excluding hydrogens is 395 g/mol. The van der Waals surface area contributed by atoms with Crippen LogP contribution in [-0.4, -0.2) is 40.1 Å². The number of halogens is 1. The third-order valence-corrected chi connectivity index (χ3v) is 5.06. The van der Waals surface area contributed by atoms with Crippen molar-refractivity contribution < 1.29 is 4.39 Å². The van der Waals surface area contributed by atoms with Crippen molar-refractivity contribution in [2.24, 2.45) is 0 Å². The van der Waals surface area contributed by atoms with E-state index >= 15 is 4.39 Å². The molecule has 0 unspecified atom stereocenters. The monoisotopic (exact) mass is 408 g/mol. The van der Waals surface area contributed by atoms with Gasteiger partial charge in [-0.2, -0.15) is 5.10 Å². The number of H-pyrrole nitrogens is 2. The summed E-state index contributed by atoms with van der Waals surface area (Å²) in [6, 6.07) is 9.06. The van der Waals surface area contributed by atoms with Crippen molar-refractivity contribution in [1.82, 2.24) is 40.1 Å². The van der Waals surface area contributed by atoms with Crippen molar-refractivity contribution in [2.45, 2.75) is 0 Å². The standard InChI is InChI=1S/C22H13FN8/c23-17-16-15(11-27-18(17)13-2-1-6-25-10-13)30-31-21(16)22-28-14-5-9-26-19(20(14)29-22)12-3-7-24-8-4-12/h1-11H,(H,28,29)(H,30,31). The van der Waals surface area contributed by atoms with Crippen molar-refractivity contribution in [3.63, 3.8) is 0 Å². The molecule has 0 spiro atoms. The number of hydrogen-bond donors (Lipinski definition) is 2. The smallest absolute Gasteiger partial charge is 0.161 e. The number of pyridine rings is 4. The molecule has 9 heteroatoms. The van der Waals surface area contributed by atoms with E-state index in [0.29, 0.717) is 39.2 Å². The minimum absolute atomic E-state index is 0.207. The Labute approximate surface area is 174 Å². The van der Waals surface area contributed by atoms with Gasteiger partial charge in [0.05, 0.1) is 28.3 Å². The van der Waals surface area contributed by atoms with Crippen LogP contribution in [0.5, 0.6) is 0 Å². The Balaban J connectivity index is 1.56. The lowest BCUT2D eigenvalue weighted by Crippen LogP contribution is -1.92. The lowest BCUT2D eigenvalue weighted by molar-refractivity contribution is 0.638. The minimum Gasteiger partial charge on any atom is -0.336 e. The Bertz CT molecular complexity index is 1540. The predicted octanol–water partition coefficient (Wildman–Crippen LogP) is 4.16. The van der Waals surface area contributed by atoms with Crippen LogP contribution in [0.3, 0.4) is 0 Å². The van der Waals surface area contributed by atoms with Gasteiger partial charge in [-0.25, -0.2) is 9.37 Å². The molecule has 148 valence electrons. The minimum atomic E-state index is -0.484. The Morgan fingerprint density at radius 1 is 0.742 bits per heavy atom. The number of imidazole rings is 1. The van der Waals surface area contributed by atoms with Gasteiger partial charge in [0.2, 0.25) is 0 Å². The van der Waals surface area contributed by atoms with E-state index in [4.69, 9.17) is 4.98 Å². The van der Waals surface area contributed by atoms with E-state index in [1.54, 1.807) is 49.3 Å². The van der Waals surface area contributed by atoms with Crippen LogP contribution in [0.25, 0.3) is 56.0 Å². The van der Waals surface area contributed by atoms with Gasteiger partial charge in [0, 0.05) is 42.1 Å². The van der Waals surface area contributed by atoms with Gasteiger partial charge in [-0.3, -0.25) is 25.0 Å². The average molecular weight is 408 g/mol. The highest BCUT2D eigenvalue weighted by atomic mass is 19.1. The Morgan fingerprint density at radius 3 is 2.48 bits per heavy atom. The second kappa shape index (κ2) is 6.77. The fourth-order valence-corrected chi connectivity index (χ4v) is 3.62. The summed E-state index contributed by atoms with van der Waals surface area (Å²) in [4.78, 5) is 24.8. The fraction of sp³-hybridized carbons (Fsp3) is 0. The van der Waals surface area contributed by atoms with Gasteiger partial charge in [-0.15, -0.1) is 0 Å². The summed E-state index contributed by atoms with van der Waals surface area (Å²) in [7, 11) is 0. The second-order valence-corrected chi connectivity index (χ2v) is 6.90. The topological polar surface area (TPSA) is 109 Å². The lowest BCUT2D eigenvalue weighted by Gasteiger charge is -2.03. The summed E-state index contributed by atoms with van der Waals surface area (Å²) >= 11 is 0. The molecule has 8 nitrogen and oxygen atoms in total. The van der Waals surface area contributed by atoms with Gasteiger partial charge in [0.1, 0.15) is 16.9 Å². The summed E-state index contributed by atoms with van der Waals surface area (Å²) in [5.74, 6) is -0.0472. The molecule has 6 heterocycles. The fourth-order valence-electron chi connectivity index (χ4n) is 3.62. The lowest BCUT2D eigenvalue weighted by atomic mass is 10.1. The summed E-state index contributed by atoms with van der Waals surface area (Å²) in [6.07, 6.45) is 9.87. The normalized spacial score (nSPS) is 11.4. The molecule has 0 aliphatic rings. The first-order valence-corrected chi connectivity index (χ1v) is 9.48. The number of aromatic nitrogens is 8. The van der Waals surface area contributed by atoms with E-state index in [-0.39, 0.29) is 5.69 Å². The molecule has 0 amide bonds. The van der Waals surface area contributed by atoms with E-state index in [9.17, 15) is 0 Å². The van der Waals surface area contributed by atoms with Crippen molar-refractivity contribution in [3.05, 3.63) is 73.3 Å². The molecule has 0 aromatic carbocycles. The highest BCUT2D eigenvalue weighted by molar-refractivity contribution is 5.97. The van der Waals surface area contributed by atoms with E-state index in [2.05, 4.69) is 35.1 Å². The van der Waals surface area contributed by atoms with Crippen LogP contribution in [-0.2, 0) is 0 Å². The molecule has 0 saturated carbocycles. The van der Waals surface area contributed by atoms with Gasteiger partial charge in [0.15, 0.2) is 11.6 Å². The molecule has 0 aliphatic carbocycles. The second-order valence-electron chi connectivity index (χ2n) is 6.90. The van der Waals surface area contributed by atoms with Crippen molar-refractivity contribution in [2.75, 3.05) is 0 Å². The van der Waals surface area contributed by atoms with Crippen molar-refractivity contribution >= 4 is 21.9 Å². The number of nitrogens with one attached hydrogen (secondary N) is 2. The summed E-state index contributed by atoms with van der Waals surface area (Å²) in [6.45, 7) is 0. The van der Waals surface area contributed by atoms with Gasteiger partial charge in [-0.05, 0) is 30.3 Å². The SMILES string of the molecule is Fc1c(-c2cccnc2)ncc2[nH]nc(-c3nc4c(-c5ccncc5)nccc4[nH]3)c12. The molecule has 0 bridgehead atoms. The molecule has 6 aromatic heterocycles. The maximum absolute atomic E-state index is 15.5. The quantitative estimate of drug-likeness (QED) is 0.455. The number of fused-ring (bicyclic) bond motifs is 2. The zero-order chi connectivity index (χ0) is 20.8.